The molecule has 0 saturated heterocycles. The van der Waals surface area contributed by atoms with Gasteiger partial charge in [0.25, 0.3) is 0 Å². The molecule has 0 aromatic rings. The molecule has 1 N–H and O–H groups in total. The first-order valence-corrected chi connectivity index (χ1v) is 6.61. The molecular formula is C12H26ClN. The van der Waals surface area contributed by atoms with E-state index < -0.39 is 0 Å². The van der Waals surface area contributed by atoms with Crippen molar-refractivity contribution in [2.24, 2.45) is 5.92 Å². The molecule has 0 aromatic carbocycles. The Bertz CT molecular complexity index is 106. The van der Waals surface area contributed by atoms with Gasteiger partial charge in [-0.15, -0.1) is 11.6 Å². The molecule has 1 unspecified atom stereocenters. The number of unbranched alkanes of at least 4 members (excludes halogenated alkanes) is 3. The van der Waals surface area contributed by atoms with E-state index in [1.165, 1.54) is 45.1 Å². The first-order chi connectivity index (χ1) is 6.81. The second-order valence-corrected chi connectivity index (χ2v) is 4.52. The molecule has 1 nitrogen and oxygen atoms in total. The first kappa shape index (κ1) is 14.2. The lowest BCUT2D eigenvalue weighted by atomic mass is 10.1. The molecule has 2 heteroatoms. The third kappa shape index (κ3) is 10.3. The normalized spacial score (nSPS) is 13.1. The molecule has 0 aliphatic heterocycles. The average molecular weight is 220 g/mol. The van der Waals surface area contributed by atoms with Gasteiger partial charge in [-0.05, 0) is 38.3 Å². The van der Waals surface area contributed by atoms with E-state index in [0.717, 1.165) is 12.4 Å². The summed E-state index contributed by atoms with van der Waals surface area (Å²) in [4.78, 5) is 0. The van der Waals surface area contributed by atoms with Gasteiger partial charge in [0.2, 0.25) is 0 Å². The highest BCUT2D eigenvalue weighted by atomic mass is 35.5. The maximum absolute atomic E-state index is 5.73. The van der Waals surface area contributed by atoms with Gasteiger partial charge in [0, 0.05) is 5.88 Å². The predicted octanol–water partition coefficient (Wildman–Crippen LogP) is 3.81. The lowest BCUT2D eigenvalue weighted by Crippen LogP contribution is -2.17. The summed E-state index contributed by atoms with van der Waals surface area (Å²) in [5.41, 5.74) is 0. The maximum Gasteiger partial charge on any atom is 0.0249 e. The Kier molecular flexibility index (Phi) is 11.5. The quantitative estimate of drug-likeness (QED) is 0.435. The maximum atomic E-state index is 5.73. The van der Waals surface area contributed by atoms with Crippen LogP contribution in [0.3, 0.4) is 0 Å². The zero-order valence-corrected chi connectivity index (χ0v) is 10.6. The zero-order chi connectivity index (χ0) is 10.6. The lowest BCUT2D eigenvalue weighted by Gasteiger charge is -2.07. The largest absolute Gasteiger partial charge is 0.317 e. The molecule has 0 fully saturated rings. The molecule has 0 saturated carbocycles. The van der Waals surface area contributed by atoms with Gasteiger partial charge >= 0.3 is 0 Å². The summed E-state index contributed by atoms with van der Waals surface area (Å²) >= 11 is 5.73. The van der Waals surface area contributed by atoms with Crippen molar-refractivity contribution in [1.29, 1.82) is 0 Å². The molecule has 0 bridgehead atoms. The molecule has 86 valence electrons. The molecule has 0 spiro atoms. The molecule has 0 aromatic heterocycles. The van der Waals surface area contributed by atoms with Crippen LogP contribution in [0.25, 0.3) is 0 Å². The molecule has 14 heavy (non-hydrogen) atoms. The van der Waals surface area contributed by atoms with Gasteiger partial charge in [-0.3, -0.25) is 0 Å². The van der Waals surface area contributed by atoms with Crippen LogP contribution in [0.15, 0.2) is 0 Å². The van der Waals surface area contributed by atoms with Gasteiger partial charge in [0.05, 0.1) is 0 Å². The number of hydrogen-bond acceptors (Lipinski definition) is 1. The van der Waals surface area contributed by atoms with E-state index in [2.05, 4.69) is 19.2 Å². The van der Waals surface area contributed by atoms with Crippen LogP contribution in [0.2, 0.25) is 0 Å². The monoisotopic (exact) mass is 219 g/mol. The molecule has 0 radical (unpaired) electrons. The number of nitrogens with one attached hydrogen (secondary N) is 1. The van der Waals surface area contributed by atoms with Crippen molar-refractivity contribution in [3.8, 4) is 0 Å². The molecule has 0 amide bonds. The molecule has 0 aliphatic rings. The molecule has 0 aliphatic carbocycles. The topological polar surface area (TPSA) is 12.0 Å². The second kappa shape index (κ2) is 11.3. The molecule has 0 rings (SSSR count). The number of alkyl halides is 1. The Labute approximate surface area is 94.6 Å². The van der Waals surface area contributed by atoms with Crippen LogP contribution in [0.1, 0.15) is 52.4 Å². The van der Waals surface area contributed by atoms with Crippen LogP contribution in [0.5, 0.6) is 0 Å². The van der Waals surface area contributed by atoms with Crippen molar-refractivity contribution >= 4 is 11.6 Å². The summed E-state index contributed by atoms with van der Waals surface area (Å²) in [6, 6.07) is 0. The van der Waals surface area contributed by atoms with Gasteiger partial charge in [-0.1, -0.05) is 33.1 Å². The fraction of sp³-hybridized carbons (Fsp3) is 1.00. The van der Waals surface area contributed by atoms with Gasteiger partial charge in [0.15, 0.2) is 0 Å². The van der Waals surface area contributed by atoms with Gasteiger partial charge in [-0.25, -0.2) is 0 Å². The van der Waals surface area contributed by atoms with Crippen molar-refractivity contribution in [3.05, 3.63) is 0 Å². The summed E-state index contributed by atoms with van der Waals surface area (Å²) in [7, 11) is 0. The van der Waals surface area contributed by atoms with E-state index in [0.29, 0.717) is 5.92 Å². The van der Waals surface area contributed by atoms with Gasteiger partial charge < -0.3 is 5.32 Å². The SMILES string of the molecule is CCCCCCNCCCC(C)CCl. The van der Waals surface area contributed by atoms with Crippen molar-refractivity contribution in [2.75, 3.05) is 19.0 Å². The summed E-state index contributed by atoms with van der Waals surface area (Å²) in [6.45, 7) is 6.82. The Balaban J connectivity index is 2.92. The predicted molar refractivity (Wildman–Crippen MR) is 66.1 cm³/mol. The summed E-state index contributed by atoms with van der Waals surface area (Å²) in [5, 5.41) is 3.48. The van der Waals surface area contributed by atoms with Crippen molar-refractivity contribution in [2.45, 2.75) is 52.4 Å². The first-order valence-electron chi connectivity index (χ1n) is 6.08. The van der Waals surface area contributed by atoms with E-state index in [1.54, 1.807) is 0 Å². The van der Waals surface area contributed by atoms with Crippen LogP contribution in [-0.4, -0.2) is 19.0 Å². The van der Waals surface area contributed by atoms with Crippen molar-refractivity contribution < 1.29 is 0 Å². The third-order valence-corrected chi connectivity index (χ3v) is 3.05. The summed E-state index contributed by atoms with van der Waals surface area (Å²) in [5.74, 6) is 1.48. The highest BCUT2D eigenvalue weighted by molar-refractivity contribution is 6.18. The zero-order valence-electron chi connectivity index (χ0n) is 9.82. The number of halogens is 1. The highest BCUT2D eigenvalue weighted by Crippen LogP contribution is 2.06. The Morgan fingerprint density at radius 1 is 1.07 bits per heavy atom. The van der Waals surface area contributed by atoms with E-state index in [1.807, 2.05) is 0 Å². The molecular weight excluding hydrogens is 194 g/mol. The second-order valence-electron chi connectivity index (χ2n) is 4.21. The van der Waals surface area contributed by atoms with E-state index >= 15 is 0 Å². The van der Waals surface area contributed by atoms with Gasteiger partial charge in [0.1, 0.15) is 0 Å². The summed E-state index contributed by atoms with van der Waals surface area (Å²) in [6.07, 6.45) is 7.94. The average Bonchev–Trinajstić information content (AvgIpc) is 2.21. The lowest BCUT2D eigenvalue weighted by molar-refractivity contribution is 0.521. The Morgan fingerprint density at radius 2 is 1.79 bits per heavy atom. The van der Waals surface area contributed by atoms with Crippen LogP contribution < -0.4 is 5.32 Å². The van der Waals surface area contributed by atoms with Crippen molar-refractivity contribution in [1.82, 2.24) is 5.32 Å². The minimum absolute atomic E-state index is 0.679. The molecule has 1 atom stereocenters. The van der Waals surface area contributed by atoms with Crippen LogP contribution >= 0.6 is 11.6 Å². The van der Waals surface area contributed by atoms with E-state index in [-0.39, 0.29) is 0 Å². The van der Waals surface area contributed by atoms with Crippen molar-refractivity contribution in [3.63, 3.8) is 0 Å². The third-order valence-electron chi connectivity index (χ3n) is 2.52. The molecule has 0 heterocycles. The van der Waals surface area contributed by atoms with Crippen LogP contribution in [0, 0.1) is 5.92 Å². The minimum Gasteiger partial charge on any atom is -0.317 e. The standard InChI is InChI=1S/C12H26ClN/c1-3-4-5-6-9-14-10-7-8-12(2)11-13/h12,14H,3-11H2,1-2H3. The highest BCUT2D eigenvalue weighted by Gasteiger charge is 1.98. The fourth-order valence-corrected chi connectivity index (χ4v) is 1.61. The van der Waals surface area contributed by atoms with Crippen LogP contribution in [-0.2, 0) is 0 Å². The number of rotatable bonds is 10. The Hall–Kier alpha value is 0.250. The smallest absolute Gasteiger partial charge is 0.0249 e. The van der Waals surface area contributed by atoms with E-state index in [4.69, 9.17) is 11.6 Å². The Morgan fingerprint density at radius 3 is 2.43 bits per heavy atom. The van der Waals surface area contributed by atoms with Crippen LogP contribution in [0.4, 0.5) is 0 Å². The minimum atomic E-state index is 0.679. The summed E-state index contributed by atoms with van der Waals surface area (Å²) < 4.78 is 0. The van der Waals surface area contributed by atoms with Gasteiger partial charge in [-0.2, -0.15) is 0 Å². The fourth-order valence-electron chi connectivity index (χ4n) is 1.45. The number of hydrogen-bond donors (Lipinski definition) is 1. The van der Waals surface area contributed by atoms with E-state index in [9.17, 15) is 0 Å².